The zero-order valence-corrected chi connectivity index (χ0v) is 8.54. The highest BCUT2D eigenvalue weighted by molar-refractivity contribution is 6.32. The monoisotopic (exact) mass is 209 g/mol. The Morgan fingerprint density at radius 3 is 3.14 bits per heavy atom. The summed E-state index contributed by atoms with van der Waals surface area (Å²) in [5.41, 5.74) is 7.69. The van der Waals surface area contributed by atoms with Crippen LogP contribution in [0.3, 0.4) is 0 Å². The summed E-state index contributed by atoms with van der Waals surface area (Å²) in [7, 11) is 0. The normalized spacial score (nSPS) is 11.0. The molecule has 0 unspecified atom stereocenters. The lowest BCUT2D eigenvalue weighted by atomic mass is 10.1. The maximum atomic E-state index is 5.99. The highest BCUT2D eigenvalue weighted by Gasteiger charge is 2.05. The fraction of sp³-hybridized carbons (Fsp3) is 0.300. The van der Waals surface area contributed by atoms with Crippen molar-refractivity contribution in [1.82, 2.24) is 9.38 Å². The summed E-state index contributed by atoms with van der Waals surface area (Å²) in [5.74, 6) is 0. The van der Waals surface area contributed by atoms with Gasteiger partial charge in [0.2, 0.25) is 0 Å². The molecule has 2 heterocycles. The van der Waals surface area contributed by atoms with Gasteiger partial charge in [0.25, 0.3) is 0 Å². The summed E-state index contributed by atoms with van der Waals surface area (Å²) in [4.78, 5) is 4.06. The molecule has 0 spiro atoms. The smallest absolute Gasteiger partial charge is 0.155 e. The number of fused-ring (bicyclic) bond motifs is 1. The molecule has 0 aliphatic carbocycles. The van der Waals surface area contributed by atoms with Crippen LogP contribution in [-0.4, -0.2) is 15.9 Å². The molecule has 0 aliphatic rings. The van der Waals surface area contributed by atoms with Gasteiger partial charge in [0, 0.05) is 6.20 Å². The lowest BCUT2D eigenvalue weighted by Gasteiger charge is -2.02. The van der Waals surface area contributed by atoms with Crippen molar-refractivity contribution in [2.45, 2.75) is 12.8 Å². The maximum Gasteiger partial charge on any atom is 0.155 e. The van der Waals surface area contributed by atoms with Gasteiger partial charge in [-0.25, -0.2) is 4.98 Å². The Morgan fingerprint density at radius 1 is 1.50 bits per heavy atom. The molecule has 0 saturated carbocycles. The SMILES string of the molecule is NCCCc1cccn2cnc(Cl)c12. The van der Waals surface area contributed by atoms with Crippen molar-refractivity contribution in [3.8, 4) is 0 Å². The van der Waals surface area contributed by atoms with Gasteiger partial charge in [0.1, 0.15) is 6.33 Å². The molecule has 2 rings (SSSR count). The number of halogens is 1. The van der Waals surface area contributed by atoms with Crippen molar-refractivity contribution in [2.75, 3.05) is 6.54 Å². The molecule has 0 saturated heterocycles. The van der Waals surface area contributed by atoms with Crippen LogP contribution >= 0.6 is 11.6 Å². The lowest BCUT2D eigenvalue weighted by Crippen LogP contribution is -2.01. The third-order valence-electron chi connectivity index (χ3n) is 2.25. The third kappa shape index (κ3) is 1.61. The lowest BCUT2D eigenvalue weighted by molar-refractivity contribution is 0.833. The second-order valence-electron chi connectivity index (χ2n) is 3.22. The molecule has 2 aromatic heterocycles. The standard InChI is InChI=1S/C10H12ClN3/c11-10-9-8(3-1-5-12)4-2-6-14(9)7-13-10/h2,4,6-7H,1,3,5,12H2. The van der Waals surface area contributed by atoms with E-state index in [-0.39, 0.29) is 0 Å². The van der Waals surface area contributed by atoms with E-state index in [2.05, 4.69) is 11.1 Å². The molecule has 0 aromatic carbocycles. The Labute approximate surface area is 87.5 Å². The van der Waals surface area contributed by atoms with E-state index in [0.717, 1.165) is 18.4 Å². The molecule has 0 fully saturated rings. The number of aryl methyl sites for hydroxylation is 1. The molecular formula is C10H12ClN3. The van der Waals surface area contributed by atoms with Crippen LogP contribution in [0.2, 0.25) is 5.15 Å². The van der Waals surface area contributed by atoms with Gasteiger partial charge in [-0.3, -0.25) is 0 Å². The summed E-state index contributed by atoms with van der Waals surface area (Å²) >= 11 is 5.99. The van der Waals surface area contributed by atoms with E-state index in [0.29, 0.717) is 11.7 Å². The highest BCUT2D eigenvalue weighted by Crippen LogP contribution is 2.20. The predicted molar refractivity (Wildman–Crippen MR) is 57.6 cm³/mol. The Bertz CT molecular complexity index is 436. The van der Waals surface area contributed by atoms with Crippen LogP contribution in [0.15, 0.2) is 24.7 Å². The molecule has 14 heavy (non-hydrogen) atoms. The van der Waals surface area contributed by atoms with E-state index < -0.39 is 0 Å². The van der Waals surface area contributed by atoms with Crippen molar-refractivity contribution in [3.63, 3.8) is 0 Å². The number of aromatic nitrogens is 2. The van der Waals surface area contributed by atoms with Crippen LogP contribution in [0.4, 0.5) is 0 Å². The zero-order valence-electron chi connectivity index (χ0n) is 7.78. The number of imidazole rings is 1. The van der Waals surface area contributed by atoms with E-state index in [4.69, 9.17) is 17.3 Å². The molecule has 2 N–H and O–H groups in total. The fourth-order valence-corrected chi connectivity index (χ4v) is 1.84. The Hall–Kier alpha value is -1.06. The minimum absolute atomic E-state index is 0.567. The maximum absolute atomic E-state index is 5.99. The first kappa shape index (κ1) is 9.49. The summed E-state index contributed by atoms with van der Waals surface area (Å²) in [6.07, 6.45) is 5.59. The van der Waals surface area contributed by atoms with Gasteiger partial charge in [-0.1, -0.05) is 17.7 Å². The van der Waals surface area contributed by atoms with Crippen LogP contribution in [0.5, 0.6) is 0 Å². The van der Waals surface area contributed by atoms with Crippen LogP contribution in [0.25, 0.3) is 5.52 Å². The predicted octanol–water partition coefficient (Wildman–Crippen LogP) is 1.88. The summed E-state index contributed by atoms with van der Waals surface area (Å²) < 4.78 is 1.94. The Balaban J connectivity index is 2.46. The second-order valence-corrected chi connectivity index (χ2v) is 3.57. The zero-order chi connectivity index (χ0) is 9.97. The molecule has 0 radical (unpaired) electrons. The van der Waals surface area contributed by atoms with Crippen molar-refractivity contribution >= 4 is 17.1 Å². The number of hydrogen-bond donors (Lipinski definition) is 1. The first-order valence-electron chi connectivity index (χ1n) is 4.63. The Kier molecular flexibility index (Phi) is 2.70. The van der Waals surface area contributed by atoms with Gasteiger partial charge >= 0.3 is 0 Å². The minimum Gasteiger partial charge on any atom is -0.330 e. The summed E-state index contributed by atoms with van der Waals surface area (Å²) in [6.45, 7) is 0.701. The molecule has 0 bridgehead atoms. The van der Waals surface area contributed by atoms with Crippen LogP contribution in [0, 0.1) is 0 Å². The van der Waals surface area contributed by atoms with Gasteiger partial charge in [0.15, 0.2) is 5.15 Å². The Morgan fingerprint density at radius 2 is 2.36 bits per heavy atom. The molecule has 2 aromatic rings. The van der Waals surface area contributed by atoms with Gasteiger partial charge in [-0.15, -0.1) is 0 Å². The van der Waals surface area contributed by atoms with Gasteiger partial charge < -0.3 is 10.1 Å². The first-order chi connectivity index (χ1) is 6.83. The average Bonchev–Trinajstić information content (AvgIpc) is 2.58. The van der Waals surface area contributed by atoms with Gasteiger partial charge in [-0.2, -0.15) is 0 Å². The van der Waals surface area contributed by atoms with Gasteiger partial charge in [-0.05, 0) is 31.0 Å². The molecule has 74 valence electrons. The first-order valence-corrected chi connectivity index (χ1v) is 5.01. The van der Waals surface area contributed by atoms with Gasteiger partial charge in [0.05, 0.1) is 5.52 Å². The molecule has 0 aliphatic heterocycles. The van der Waals surface area contributed by atoms with Crippen LogP contribution in [0.1, 0.15) is 12.0 Å². The van der Waals surface area contributed by atoms with Crippen molar-refractivity contribution in [3.05, 3.63) is 35.4 Å². The molecule has 3 nitrogen and oxygen atoms in total. The van der Waals surface area contributed by atoms with E-state index in [1.807, 2.05) is 16.7 Å². The summed E-state index contributed by atoms with van der Waals surface area (Å²) in [5, 5.41) is 0.567. The quantitative estimate of drug-likeness (QED) is 0.839. The van der Waals surface area contributed by atoms with E-state index in [9.17, 15) is 0 Å². The highest BCUT2D eigenvalue weighted by atomic mass is 35.5. The largest absolute Gasteiger partial charge is 0.330 e. The number of pyridine rings is 1. The fourth-order valence-electron chi connectivity index (χ4n) is 1.57. The van der Waals surface area contributed by atoms with Crippen LogP contribution in [-0.2, 0) is 6.42 Å². The van der Waals surface area contributed by atoms with Crippen molar-refractivity contribution in [2.24, 2.45) is 5.73 Å². The van der Waals surface area contributed by atoms with E-state index >= 15 is 0 Å². The molecule has 4 heteroatoms. The molecular weight excluding hydrogens is 198 g/mol. The average molecular weight is 210 g/mol. The number of nitrogens with two attached hydrogens (primary N) is 1. The summed E-state index contributed by atoms with van der Waals surface area (Å²) in [6, 6.07) is 4.06. The number of hydrogen-bond acceptors (Lipinski definition) is 2. The third-order valence-corrected chi connectivity index (χ3v) is 2.52. The number of rotatable bonds is 3. The van der Waals surface area contributed by atoms with Crippen LogP contribution < -0.4 is 5.73 Å². The number of nitrogens with zero attached hydrogens (tertiary/aromatic N) is 2. The second kappa shape index (κ2) is 3.98. The molecule has 0 atom stereocenters. The van der Waals surface area contributed by atoms with E-state index in [1.54, 1.807) is 6.33 Å². The molecule has 0 amide bonds. The topological polar surface area (TPSA) is 43.3 Å². The van der Waals surface area contributed by atoms with Crippen molar-refractivity contribution in [1.29, 1.82) is 0 Å². The van der Waals surface area contributed by atoms with E-state index in [1.165, 1.54) is 5.56 Å². The van der Waals surface area contributed by atoms with Crippen molar-refractivity contribution < 1.29 is 0 Å². The minimum atomic E-state index is 0.567.